The standard InChI is InChI=1S/C14H21N3O3S/c1-3-21(19,20)16(2)10-14(18)17-9-5-6-11-12(15)7-4-8-13(11)17/h4,7-8H,3,5-6,9-10,15H2,1-2H3. The van der Waals surface area contributed by atoms with Crippen molar-refractivity contribution >= 4 is 27.3 Å². The number of hydrogen-bond acceptors (Lipinski definition) is 4. The van der Waals surface area contributed by atoms with E-state index in [1.165, 1.54) is 7.05 Å². The van der Waals surface area contributed by atoms with Crippen molar-refractivity contribution in [3.05, 3.63) is 23.8 Å². The normalized spacial score (nSPS) is 15.1. The highest BCUT2D eigenvalue weighted by Gasteiger charge is 2.26. The molecule has 1 aromatic rings. The van der Waals surface area contributed by atoms with Gasteiger partial charge >= 0.3 is 0 Å². The molecule has 2 N–H and O–H groups in total. The second kappa shape index (κ2) is 6.03. The average molecular weight is 311 g/mol. The third-order valence-corrected chi connectivity index (χ3v) is 5.59. The summed E-state index contributed by atoms with van der Waals surface area (Å²) in [6, 6.07) is 5.49. The number of benzene rings is 1. The molecule has 1 aliphatic rings. The van der Waals surface area contributed by atoms with Crippen LogP contribution in [-0.4, -0.2) is 44.5 Å². The highest BCUT2D eigenvalue weighted by molar-refractivity contribution is 7.89. The Morgan fingerprint density at radius 1 is 1.43 bits per heavy atom. The molecule has 0 saturated heterocycles. The Morgan fingerprint density at radius 3 is 2.81 bits per heavy atom. The summed E-state index contributed by atoms with van der Waals surface area (Å²) in [6.07, 6.45) is 1.67. The summed E-state index contributed by atoms with van der Waals surface area (Å²) < 4.78 is 24.6. The van der Waals surface area contributed by atoms with Crippen LogP contribution in [0.4, 0.5) is 11.4 Å². The first-order chi connectivity index (χ1) is 9.86. The van der Waals surface area contributed by atoms with Crippen molar-refractivity contribution in [2.45, 2.75) is 19.8 Å². The number of fused-ring (bicyclic) bond motifs is 1. The molecule has 7 heteroatoms. The van der Waals surface area contributed by atoms with Crippen LogP contribution in [0.25, 0.3) is 0 Å². The van der Waals surface area contributed by atoms with Crippen molar-refractivity contribution in [3.63, 3.8) is 0 Å². The van der Waals surface area contributed by atoms with Crippen LogP contribution in [0.2, 0.25) is 0 Å². The number of sulfonamides is 1. The third-order valence-electron chi connectivity index (χ3n) is 3.79. The summed E-state index contributed by atoms with van der Waals surface area (Å²) in [5.74, 6) is -0.235. The minimum Gasteiger partial charge on any atom is -0.398 e. The van der Waals surface area contributed by atoms with Crippen molar-refractivity contribution in [2.75, 3.05) is 36.5 Å². The zero-order valence-electron chi connectivity index (χ0n) is 12.4. The number of carbonyl (C=O) groups is 1. The van der Waals surface area contributed by atoms with Gasteiger partial charge in [0.1, 0.15) is 0 Å². The zero-order valence-corrected chi connectivity index (χ0v) is 13.2. The lowest BCUT2D eigenvalue weighted by Crippen LogP contribution is -2.43. The van der Waals surface area contributed by atoms with E-state index < -0.39 is 10.0 Å². The molecule has 6 nitrogen and oxygen atoms in total. The summed E-state index contributed by atoms with van der Waals surface area (Å²) in [7, 11) is -1.92. The third kappa shape index (κ3) is 3.19. The number of anilines is 2. The predicted octanol–water partition coefficient (Wildman–Crippen LogP) is 0.830. The zero-order chi connectivity index (χ0) is 15.6. The second-order valence-corrected chi connectivity index (χ2v) is 7.51. The van der Waals surface area contributed by atoms with Gasteiger partial charge in [0.05, 0.1) is 12.3 Å². The highest BCUT2D eigenvalue weighted by Crippen LogP contribution is 2.31. The van der Waals surface area contributed by atoms with Gasteiger partial charge in [0.2, 0.25) is 15.9 Å². The summed E-state index contributed by atoms with van der Waals surface area (Å²) in [5.41, 5.74) is 8.40. The SMILES string of the molecule is CCS(=O)(=O)N(C)CC(=O)N1CCCc2c(N)cccc21. The molecule has 0 aliphatic carbocycles. The molecule has 0 fully saturated rings. The fourth-order valence-corrected chi connectivity index (χ4v) is 3.25. The molecule has 1 amide bonds. The first-order valence-electron chi connectivity index (χ1n) is 6.98. The number of nitrogens with zero attached hydrogens (tertiary/aromatic N) is 2. The highest BCUT2D eigenvalue weighted by atomic mass is 32.2. The number of amides is 1. The minimum atomic E-state index is -3.36. The van der Waals surface area contributed by atoms with Crippen molar-refractivity contribution < 1.29 is 13.2 Å². The Labute approximate surface area is 125 Å². The van der Waals surface area contributed by atoms with E-state index in [0.717, 1.165) is 28.4 Å². The van der Waals surface area contributed by atoms with E-state index in [-0.39, 0.29) is 18.2 Å². The Balaban J connectivity index is 2.21. The summed E-state index contributed by atoms with van der Waals surface area (Å²) in [6.45, 7) is 2.01. The lowest BCUT2D eigenvalue weighted by molar-refractivity contribution is -0.118. The largest absolute Gasteiger partial charge is 0.398 e. The first-order valence-corrected chi connectivity index (χ1v) is 8.59. The number of rotatable bonds is 4. The van der Waals surface area contributed by atoms with Crippen molar-refractivity contribution in [1.82, 2.24) is 4.31 Å². The van der Waals surface area contributed by atoms with Crippen LogP contribution in [0.5, 0.6) is 0 Å². The van der Waals surface area contributed by atoms with Crippen molar-refractivity contribution in [1.29, 1.82) is 0 Å². The lowest BCUT2D eigenvalue weighted by Gasteiger charge is -2.31. The first kappa shape index (κ1) is 15.8. The maximum Gasteiger partial charge on any atom is 0.242 e. The van der Waals surface area contributed by atoms with Gasteiger partial charge in [0, 0.05) is 25.0 Å². The summed E-state index contributed by atoms with van der Waals surface area (Å²) >= 11 is 0. The molecule has 21 heavy (non-hydrogen) atoms. The number of carbonyl (C=O) groups excluding carboxylic acids is 1. The fourth-order valence-electron chi connectivity index (χ4n) is 2.51. The van der Waals surface area contributed by atoms with Gasteiger partial charge < -0.3 is 10.6 Å². The fraction of sp³-hybridized carbons (Fsp3) is 0.500. The Kier molecular flexibility index (Phi) is 4.53. The van der Waals surface area contributed by atoms with Gasteiger partial charge in [-0.3, -0.25) is 4.79 Å². The molecule has 1 aromatic carbocycles. The number of nitrogen functional groups attached to an aromatic ring is 1. The molecular formula is C14H21N3O3S. The predicted molar refractivity (Wildman–Crippen MR) is 83.6 cm³/mol. The van der Waals surface area contributed by atoms with E-state index >= 15 is 0 Å². The molecule has 116 valence electrons. The smallest absolute Gasteiger partial charge is 0.242 e. The summed E-state index contributed by atoms with van der Waals surface area (Å²) in [4.78, 5) is 14.1. The van der Waals surface area contributed by atoms with E-state index in [1.54, 1.807) is 11.8 Å². The quantitative estimate of drug-likeness (QED) is 0.835. The second-order valence-electron chi connectivity index (χ2n) is 5.15. The van der Waals surface area contributed by atoms with Crippen molar-refractivity contribution in [2.24, 2.45) is 0 Å². The van der Waals surface area contributed by atoms with Crippen LogP contribution < -0.4 is 10.6 Å². The maximum absolute atomic E-state index is 12.4. The van der Waals surface area contributed by atoms with E-state index in [2.05, 4.69) is 0 Å². The van der Waals surface area contributed by atoms with Gasteiger partial charge in [-0.25, -0.2) is 8.42 Å². The van der Waals surface area contributed by atoms with E-state index in [4.69, 9.17) is 5.73 Å². The van der Waals surface area contributed by atoms with Gasteiger partial charge in [-0.2, -0.15) is 4.31 Å². The van der Waals surface area contributed by atoms with Crippen LogP contribution in [0.1, 0.15) is 18.9 Å². The maximum atomic E-state index is 12.4. The van der Waals surface area contributed by atoms with Crippen LogP contribution >= 0.6 is 0 Å². The molecule has 1 heterocycles. The van der Waals surface area contributed by atoms with E-state index in [0.29, 0.717) is 12.2 Å². The Bertz CT molecular complexity index is 643. The van der Waals surface area contributed by atoms with Crippen LogP contribution in [0.3, 0.4) is 0 Å². The van der Waals surface area contributed by atoms with Crippen LogP contribution in [0.15, 0.2) is 18.2 Å². The number of nitrogens with two attached hydrogens (primary N) is 1. The van der Waals surface area contributed by atoms with Gasteiger partial charge in [0.25, 0.3) is 0 Å². The molecule has 0 spiro atoms. The molecule has 1 aliphatic heterocycles. The molecule has 0 saturated carbocycles. The monoisotopic (exact) mass is 311 g/mol. The Hall–Kier alpha value is -1.60. The van der Waals surface area contributed by atoms with Gasteiger partial charge in [-0.15, -0.1) is 0 Å². The molecule has 2 rings (SSSR count). The van der Waals surface area contributed by atoms with Gasteiger partial charge in [-0.1, -0.05) is 6.07 Å². The molecule has 0 unspecified atom stereocenters. The van der Waals surface area contributed by atoms with E-state index in [1.807, 2.05) is 18.2 Å². The average Bonchev–Trinajstić information content (AvgIpc) is 2.47. The molecular weight excluding hydrogens is 290 g/mol. The van der Waals surface area contributed by atoms with Crippen LogP contribution in [-0.2, 0) is 21.2 Å². The van der Waals surface area contributed by atoms with Gasteiger partial charge in [0.15, 0.2) is 0 Å². The molecule has 0 bridgehead atoms. The number of hydrogen-bond donors (Lipinski definition) is 1. The minimum absolute atomic E-state index is 0.0136. The van der Waals surface area contributed by atoms with Gasteiger partial charge in [-0.05, 0) is 37.5 Å². The van der Waals surface area contributed by atoms with Crippen molar-refractivity contribution in [3.8, 4) is 0 Å². The molecule has 0 aromatic heterocycles. The van der Waals surface area contributed by atoms with Crippen LogP contribution in [0, 0.1) is 0 Å². The molecule has 0 atom stereocenters. The Morgan fingerprint density at radius 2 is 2.14 bits per heavy atom. The topological polar surface area (TPSA) is 83.7 Å². The number of likely N-dealkylation sites (N-methyl/N-ethyl adjacent to an activating group) is 1. The summed E-state index contributed by atoms with van der Waals surface area (Å²) in [5, 5.41) is 0. The van der Waals surface area contributed by atoms with E-state index in [9.17, 15) is 13.2 Å². The molecule has 0 radical (unpaired) electrons. The lowest BCUT2D eigenvalue weighted by atomic mass is 10.00.